The average molecular weight is 134 g/mol. The molecule has 0 saturated carbocycles. The van der Waals surface area contributed by atoms with E-state index in [-0.39, 0.29) is 0 Å². The molecule has 0 unspecified atom stereocenters. The largest absolute Gasteiger partial charge is 0.388 e. The molecule has 0 aliphatic carbocycles. The molecule has 0 aliphatic heterocycles. The fourth-order valence-corrected chi connectivity index (χ4v) is 0.0430. The van der Waals surface area contributed by atoms with Gasteiger partial charge in [0, 0.05) is 0 Å². The summed E-state index contributed by atoms with van der Waals surface area (Å²) in [5, 5.41) is 3.15. The minimum Gasteiger partial charge on any atom is -0.388 e. The van der Waals surface area contributed by atoms with Gasteiger partial charge in [0.15, 0.2) is 0 Å². The van der Waals surface area contributed by atoms with Gasteiger partial charge in [-0.15, -0.1) is 0 Å². The summed E-state index contributed by atoms with van der Waals surface area (Å²) in [7, 11) is 0. The zero-order valence-electron chi connectivity index (χ0n) is 6.68. The molecule has 0 aromatic rings. The second kappa shape index (κ2) is 56.4. The summed E-state index contributed by atoms with van der Waals surface area (Å²) in [5.41, 5.74) is 6.67. The Morgan fingerprint density at radius 2 is 1.56 bits per heavy atom. The van der Waals surface area contributed by atoms with E-state index in [1.165, 1.54) is 0 Å². The molecule has 0 saturated heterocycles. The van der Waals surface area contributed by atoms with Crippen LogP contribution in [0.4, 0.5) is 0 Å². The van der Waals surface area contributed by atoms with E-state index >= 15 is 0 Å². The highest BCUT2D eigenvalue weighted by Gasteiger charge is 1.43. The number of rotatable bonds is 1. The molecule has 0 radical (unpaired) electrons. The van der Waals surface area contributed by atoms with Crippen molar-refractivity contribution in [3.63, 3.8) is 0 Å². The summed E-state index contributed by atoms with van der Waals surface area (Å²) < 4.78 is 0. The van der Waals surface area contributed by atoms with Crippen molar-refractivity contribution >= 4 is 6.34 Å². The number of hydrogen-bond acceptors (Lipinski definition) is 3. The van der Waals surface area contributed by atoms with Crippen molar-refractivity contribution in [1.82, 2.24) is 5.53 Å². The molecule has 4 nitrogen and oxygen atoms in total. The number of nitrogens with zero attached hydrogens (tertiary/aromatic N) is 1. The van der Waals surface area contributed by atoms with E-state index in [2.05, 4.69) is 10.9 Å². The minimum atomic E-state index is 1.07. The van der Waals surface area contributed by atoms with Crippen LogP contribution in [-0.4, -0.2) is 6.34 Å². The Balaban J connectivity index is -0.0000000771. The maximum absolute atomic E-state index is 4.70. The number of nitrogens with one attached hydrogen (secondary N) is 1. The van der Waals surface area contributed by atoms with E-state index in [1.54, 1.807) is 0 Å². The van der Waals surface area contributed by atoms with E-state index in [1.807, 2.05) is 33.2 Å². The fraction of sp³-hybridized carbons (Fsp3) is 0.800. The molecule has 4 heteroatoms. The molecule has 0 rings (SSSR count). The Morgan fingerprint density at radius 3 is 1.56 bits per heavy atom. The van der Waals surface area contributed by atoms with Crippen LogP contribution in [0.1, 0.15) is 27.7 Å². The molecule has 0 amide bonds. The summed E-state index contributed by atoms with van der Waals surface area (Å²) in [6.07, 6.45) is 1.07. The third kappa shape index (κ3) is 131. The number of hydrazine groups is 1. The predicted molar refractivity (Wildman–Crippen MR) is 42.7 cm³/mol. The van der Waals surface area contributed by atoms with Crippen molar-refractivity contribution in [1.29, 1.82) is 0 Å². The van der Waals surface area contributed by atoms with Crippen LogP contribution in [0.5, 0.6) is 0 Å². The van der Waals surface area contributed by atoms with Crippen molar-refractivity contribution in [3.8, 4) is 0 Å². The standard InChI is InChI=1S/2C2H6.CH6N4/c2*1-2;2-1-4-5-3/h2*1-2H3;1,5H,3H2,(H2,2,4). The van der Waals surface area contributed by atoms with Crippen molar-refractivity contribution in [2.24, 2.45) is 16.7 Å². The summed E-state index contributed by atoms with van der Waals surface area (Å²) in [4.78, 5) is 0. The first-order valence-electron chi connectivity index (χ1n) is 3.10. The van der Waals surface area contributed by atoms with E-state index in [4.69, 9.17) is 5.73 Å². The van der Waals surface area contributed by atoms with Crippen LogP contribution in [0.15, 0.2) is 5.10 Å². The van der Waals surface area contributed by atoms with Crippen molar-refractivity contribution in [2.75, 3.05) is 0 Å². The molecule has 0 spiro atoms. The lowest BCUT2D eigenvalue weighted by atomic mass is 11.0. The van der Waals surface area contributed by atoms with E-state index in [0.29, 0.717) is 0 Å². The highest BCUT2D eigenvalue weighted by Crippen LogP contribution is 1.28. The zero-order chi connectivity index (χ0) is 8.12. The highest BCUT2D eigenvalue weighted by atomic mass is 15.5. The van der Waals surface area contributed by atoms with Crippen molar-refractivity contribution < 1.29 is 0 Å². The summed E-state index contributed by atoms with van der Waals surface area (Å²) in [5.74, 6) is 4.61. The number of hydrazone groups is 1. The van der Waals surface area contributed by atoms with Gasteiger partial charge in [-0.05, 0) is 0 Å². The van der Waals surface area contributed by atoms with Crippen LogP contribution < -0.4 is 17.1 Å². The zero-order valence-corrected chi connectivity index (χ0v) is 6.68. The predicted octanol–water partition coefficient (Wildman–Crippen LogP) is 0.404. The number of hydrogen-bond donors (Lipinski definition) is 3. The molecule has 58 valence electrons. The van der Waals surface area contributed by atoms with Gasteiger partial charge in [-0.2, -0.15) is 5.10 Å². The summed E-state index contributed by atoms with van der Waals surface area (Å²) in [6, 6.07) is 0. The van der Waals surface area contributed by atoms with Crippen LogP contribution >= 0.6 is 0 Å². The fourth-order valence-electron chi connectivity index (χ4n) is 0.0430. The van der Waals surface area contributed by atoms with Gasteiger partial charge in [0.05, 0.1) is 0 Å². The Kier molecular flexibility index (Phi) is 98.6. The minimum absolute atomic E-state index is 1.07. The maximum atomic E-state index is 4.70. The Bertz CT molecular complexity index is 35.9. The second-order valence-electron chi connectivity index (χ2n) is 0.407. The Hall–Kier alpha value is -0.770. The summed E-state index contributed by atoms with van der Waals surface area (Å²) >= 11 is 0. The molecule has 9 heavy (non-hydrogen) atoms. The first kappa shape index (κ1) is 15.7. The van der Waals surface area contributed by atoms with Crippen LogP contribution in [0, 0.1) is 0 Å². The first-order chi connectivity index (χ1) is 4.41. The van der Waals surface area contributed by atoms with E-state index in [0.717, 1.165) is 6.34 Å². The molecule has 5 N–H and O–H groups in total. The van der Waals surface area contributed by atoms with Gasteiger partial charge in [-0.25, -0.2) is 11.4 Å². The molecule has 0 aromatic carbocycles. The topological polar surface area (TPSA) is 76.4 Å². The molecule has 0 fully saturated rings. The number of nitrogens with two attached hydrogens (primary N) is 2. The van der Waals surface area contributed by atoms with Crippen molar-refractivity contribution in [2.45, 2.75) is 27.7 Å². The highest BCUT2D eigenvalue weighted by molar-refractivity contribution is 5.50. The van der Waals surface area contributed by atoms with E-state index < -0.39 is 0 Å². The summed E-state index contributed by atoms with van der Waals surface area (Å²) in [6.45, 7) is 8.00. The maximum Gasteiger partial charge on any atom is 0.107 e. The lowest BCUT2D eigenvalue weighted by molar-refractivity contribution is 0.809. The van der Waals surface area contributed by atoms with Crippen molar-refractivity contribution in [3.05, 3.63) is 0 Å². The molecular formula is C5H18N4. The van der Waals surface area contributed by atoms with Gasteiger partial charge in [0.2, 0.25) is 0 Å². The first-order valence-corrected chi connectivity index (χ1v) is 3.10. The van der Waals surface area contributed by atoms with Crippen LogP contribution in [0.2, 0.25) is 0 Å². The smallest absolute Gasteiger partial charge is 0.107 e. The SMILES string of the molecule is CC.CC.N/C=N\NN. The van der Waals surface area contributed by atoms with Gasteiger partial charge in [0.25, 0.3) is 0 Å². The second-order valence-corrected chi connectivity index (χ2v) is 0.407. The third-order valence-corrected chi connectivity index (χ3v) is 0.149. The molecule has 0 atom stereocenters. The normalized spacial score (nSPS) is 6.33. The van der Waals surface area contributed by atoms with Gasteiger partial charge in [0.1, 0.15) is 6.34 Å². The third-order valence-electron chi connectivity index (χ3n) is 0.149. The Labute approximate surface area is 57.3 Å². The van der Waals surface area contributed by atoms with Crippen LogP contribution in [-0.2, 0) is 0 Å². The van der Waals surface area contributed by atoms with Gasteiger partial charge in [-0.1, -0.05) is 27.7 Å². The Morgan fingerprint density at radius 1 is 1.22 bits per heavy atom. The molecule has 0 aromatic heterocycles. The molecule has 0 heterocycles. The monoisotopic (exact) mass is 134 g/mol. The lowest BCUT2D eigenvalue weighted by Crippen LogP contribution is -2.15. The van der Waals surface area contributed by atoms with E-state index in [9.17, 15) is 0 Å². The molecule has 0 aliphatic rings. The van der Waals surface area contributed by atoms with Gasteiger partial charge in [-0.3, -0.25) is 0 Å². The average Bonchev–Trinajstić information content (AvgIpc) is 1.98. The lowest BCUT2D eigenvalue weighted by Gasteiger charge is -1.76. The quantitative estimate of drug-likeness (QED) is 0.210. The van der Waals surface area contributed by atoms with Crippen LogP contribution in [0.25, 0.3) is 0 Å². The van der Waals surface area contributed by atoms with Gasteiger partial charge >= 0.3 is 0 Å². The van der Waals surface area contributed by atoms with Crippen LogP contribution in [0.3, 0.4) is 0 Å². The van der Waals surface area contributed by atoms with Gasteiger partial charge < -0.3 is 5.73 Å². The molecular weight excluding hydrogens is 116 g/mol. The molecule has 0 bridgehead atoms.